The highest BCUT2D eigenvalue weighted by molar-refractivity contribution is 7.91. The molecule has 1 saturated heterocycles. The van der Waals surface area contributed by atoms with Crippen LogP contribution in [0.25, 0.3) is 0 Å². The van der Waals surface area contributed by atoms with Crippen molar-refractivity contribution in [3.8, 4) is 0 Å². The lowest BCUT2D eigenvalue weighted by atomic mass is 9.91. The Morgan fingerprint density at radius 2 is 2.19 bits per heavy atom. The minimum absolute atomic E-state index is 0.00476. The van der Waals surface area contributed by atoms with Crippen LogP contribution in [0.2, 0.25) is 0 Å². The van der Waals surface area contributed by atoms with Gasteiger partial charge in [-0.3, -0.25) is 9.48 Å². The monoisotopic (exact) mass is 315 g/mol. The minimum Gasteiger partial charge on any atom is -0.465 e. The molecule has 0 aromatic carbocycles. The van der Waals surface area contributed by atoms with Crippen molar-refractivity contribution in [2.45, 2.75) is 32.6 Å². The Kier molecular flexibility index (Phi) is 4.65. The molecule has 2 heterocycles. The summed E-state index contributed by atoms with van der Waals surface area (Å²) in [6, 6.07) is 0. The number of ether oxygens (including phenoxy) is 1. The van der Waals surface area contributed by atoms with E-state index in [0.717, 1.165) is 0 Å². The maximum atomic E-state index is 12.3. The van der Waals surface area contributed by atoms with Crippen LogP contribution in [0.4, 0.5) is 0 Å². The molecule has 2 atom stereocenters. The Hall–Kier alpha value is -1.44. The number of hydrogen-bond donors (Lipinski definition) is 0. The molecule has 0 N–H and O–H groups in total. The van der Waals surface area contributed by atoms with Gasteiger partial charge in [-0.15, -0.1) is 0 Å². The number of aromatic nitrogens is 3. The first-order valence-corrected chi connectivity index (χ1v) is 8.97. The molecule has 21 heavy (non-hydrogen) atoms. The maximum Gasteiger partial charge on any atom is 0.316 e. The number of rotatable bonds is 5. The van der Waals surface area contributed by atoms with Gasteiger partial charge in [0, 0.05) is 13.5 Å². The number of carbonyl (C=O) groups is 1. The van der Waals surface area contributed by atoms with Crippen LogP contribution in [0.1, 0.15) is 37.8 Å². The van der Waals surface area contributed by atoms with Gasteiger partial charge in [-0.05, 0) is 19.3 Å². The lowest BCUT2D eigenvalue weighted by molar-refractivity contribution is -0.146. The van der Waals surface area contributed by atoms with Crippen LogP contribution < -0.4 is 0 Å². The molecule has 1 aromatic rings. The van der Waals surface area contributed by atoms with E-state index in [4.69, 9.17) is 4.74 Å². The largest absolute Gasteiger partial charge is 0.465 e. The molecule has 0 radical (unpaired) electrons. The number of sulfone groups is 1. The van der Waals surface area contributed by atoms with Crippen LogP contribution in [0, 0.1) is 5.92 Å². The van der Waals surface area contributed by atoms with Crippen LogP contribution in [-0.4, -0.2) is 47.3 Å². The molecule has 1 fully saturated rings. The van der Waals surface area contributed by atoms with E-state index in [0.29, 0.717) is 24.5 Å². The highest BCUT2D eigenvalue weighted by Crippen LogP contribution is 2.33. The molecular formula is C13H21N3O4S. The summed E-state index contributed by atoms with van der Waals surface area (Å²) in [5, 5.41) is 4.25. The van der Waals surface area contributed by atoms with Crippen molar-refractivity contribution in [3.05, 3.63) is 11.6 Å². The topological polar surface area (TPSA) is 91.2 Å². The molecule has 1 aliphatic rings. The molecule has 0 aliphatic carbocycles. The predicted molar refractivity (Wildman–Crippen MR) is 76.5 cm³/mol. The maximum absolute atomic E-state index is 12.3. The molecule has 2 rings (SSSR count). The van der Waals surface area contributed by atoms with Gasteiger partial charge >= 0.3 is 5.97 Å². The summed E-state index contributed by atoms with van der Waals surface area (Å²) in [6.45, 7) is 3.92. The molecule has 0 saturated carbocycles. The Bertz CT molecular complexity index is 623. The smallest absolute Gasteiger partial charge is 0.316 e. The first kappa shape index (κ1) is 15.9. The van der Waals surface area contributed by atoms with E-state index in [9.17, 15) is 13.2 Å². The van der Waals surface area contributed by atoms with Gasteiger partial charge in [0.25, 0.3) is 0 Å². The van der Waals surface area contributed by atoms with Crippen LogP contribution in [0.15, 0.2) is 0 Å². The van der Waals surface area contributed by atoms with Crippen LogP contribution in [0.5, 0.6) is 0 Å². The predicted octanol–water partition coefficient (Wildman–Crippen LogP) is 0.459. The van der Waals surface area contributed by atoms with E-state index >= 15 is 0 Å². The van der Waals surface area contributed by atoms with E-state index < -0.39 is 21.7 Å². The van der Waals surface area contributed by atoms with Gasteiger partial charge in [-0.1, -0.05) is 6.92 Å². The zero-order valence-corrected chi connectivity index (χ0v) is 13.4. The Labute approximate surface area is 124 Å². The number of carbonyl (C=O) groups excluding carboxylic acids is 1. The normalized spacial score (nSPS) is 22.1. The minimum atomic E-state index is -3.07. The van der Waals surface area contributed by atoms with Gasteiger partial charge in [-0.25, -0.2) is 13.4 Å². The molecule has 118 valence electrons. The summed E-state index contributed by atoms with van der Waals surface area (Å²) < 4.78 is 30.1. The first-order chi connectivity index (χ1) is 9.88. The summed E-state index contributed by atoms with van der Waals surface area (Å²) in [7, 11) is -1.35. The standard InChI is InChI=1S/C13H21N3O4S/c1-4-10-14-12(16(3)15-10)11(13(17)20-5-2)9-6-7-21(18,19)8-9/h9,11H,4-8H2,1-3H3. The molecule has 1 aromatic heterocycles. The Balaban J connectivity index is 2.36. The van der Waals surface area contributed by atoms with Crippen molar-refractivity contribution >= 4 is 15.8 Å². The lowest BCUT2D eigenvalue weighted by Gasteiger charge is -2.19. The number of esters is 1. The fourth-order valence-corrected chi connectivity index (χ4v) is 4.54. The zero-order valence-electron chi connectivity index (χ0n) is 12.6. The molecule has 0 amide bonds. The molecule has 0 bridgehead atoms. The van der Waals surface area contributed by atoms with Gasteiger partial charge in [0.1, 0.15) is 11.7 Å². The number of nitrogens with zero attached hydrogens (tertiary/aromatic N) is 3. The fourth-order valence-electron chi connectivity index (χ4n) is 2.70. The highest BCUT2D eigenvalue weighted by atomic mass is 32.2. The molecule has 0 spiro atoms. The second-order valence-electron chi connectivity index (χ2n) is 5.26. The van der Waals surface area contributed by atoms with Crippen molar-refractivity contribution in [2.75, 3.05) is 18.1 Å². The third-order valence-corrected chi connectivity index (χ3v) is 5.51. The lowest BCUT2D eigenvalue weighted by Crippen LogP contribution is -2.27. The highest BCUT2D eigenvalue weighted by Gasteiger charge is 2.41. The van der Waals surface area contributed by atoms with Crippen molar-refractivity contribution < 1.29 is 17.9 Å². The van der Waals surface area contributed by atoms with Gasteiger partial charge in [0.15, 0.2) is 15.7 Å². The third kappa shape index (κ3) is 3.42. The zero-order chi connectivity index (χ0) is 15.6. The summed E-state index contributed by atoms with van der Waals surface area (Å²) in [5.74, 6) is -0.119. The number of hydrogen-bond acceptors (Lipinski definition) is 6. The van der Waals surface area contributed by atoms with E-state index in [2.05, 4.69) is 10.1 Å². The van der Waals surface area contributed by atoms with Gasteiger partial charge in [0.05, 0.1) is 18.1 Å². The molecule has 1 aliphatic heterocycles. The van der Waals surface area contributed by atoms with Crippen molar-refractivity contribution in [1.29, 1.82) is 0 Å². The second kappa shape index (κ2) is 6.13. The Morgan fingerprint density at radius 3 is 2.67 bits per heavy atom. The van der Waals surface area contributed by atoms with Gasteiger partial charge in [0.2, 0.25) is 0 Å². The van der Waals surface area contributed by atoms with Gasteiger partial charge < -0.3 is 4.74 Å². The Morgan fingerprint density at radius 1 is 1.48 bits per heavy atom. The van der Waals surface area contributed by atoms with Crippen molar-refractivity contribution in [3.63, 3.8) is 0 Å². The summed E-state index contributed by atoms with van der Waals surface area (Å²) in [5.41, 5.74) is 0. The first-order valence-electron chi connectivity index (χ1n) is 7.14. The number of aryl methyl sites for hydroxylation is 2. The molecular weight excluding hydrogens is 294 g/mol. The van der Waals surface area contributed by atoms with Crippen LogP contribution >= 0.6 is 0 Å². The quantitative estimate of drug-likeness (QED) is 0.733. The molecule has 7 nitrogen and oxygen atoms in total. The van der Waals surface area contributed by atoms with Crippen LogP contribution in [0.3, 0.4) is 0 Å². The molecule has 2 unspecified atom stereocenters. The van der Waals surface area contributed by atoms with E-state index in [1.807, 2.05) is 6.92 Å². The fraction of sp³-hybridized carbons (Fsp3) is 0.769. The second-order valence-corrected chi connectivity index (χ2v) is 7.48. The third-order valence-electron chi connectivity index (χ3n) is 3.71. The van der Waals surface area contributed by atoms with Crippen LogP contribution in [-0.2, 0) is 32.8 Å². The van der Waals surface area contributed by atoms with Crippen molar-refractivity contribution in [2.24, 2.45) is 13.0 Å². The SMILES string of the molecule is CCOC(=O)C(c1nc(CC)nn1C)C1CCS(=O)(=O)C1. The average Bonchev–Trinajstić information content (AvgIpc) is 2.94. The summed E-state index contributed by atoms with van der Waals surface area (Å²) in [6.07, 6.45) is 1.12. The average molecular weight is 315 g/mol. The summed E-state index contributed by atoms with van der Waals surface area (Å²) in [4.78, 5) is 16.7. The summed E-state index contributed by atoms with van der Waals surface area (Å²) >= 11 is 0. The molecule has 8 heteroatoms. The van der Waals surface area contributed by atoms with E-state index in [1.165, 1.54) is 0 Å². The van der Waals surface area contributed by atoms with E-state index in [1.54, 1.807) is 18.7 Å². The van der Waals surface area contributed by atoms with Gasteiger partial charge in [-0.2, -0.15) is 5.10 Å². The van der Waals surface area contributed by atoms with E-state index in [-0.39, 0.29) is 24.0 Å². The van der Waals surface area contributed by atoms with Crippen molar-refractivity contribution in [1.82, 2.24) is 14.8 Å².